The van der Waals surface area contributed by atoms with E-state index in [2.05, 4.69) is 16.0 Å². The van der Waals surface area contributed by atoms with Gasteiger partial charge in [0, 0.05) is 24.2 Å². The maximum atomic E-state index is 12.0. The smallest absolute Gasteiger partial charge is 0.227 e. The van der Waals surface area contributed by atoms with E-state index in [1.807, 2.05) is 6.92 Å². The molecule has 0 aliphatic carbocycles. The second kappa shape index (κ2) is 5.84. The van der Waals surface area contributed by atoms with E-state index in [9.17, 15) is 9.59 Å². The molecule has 1 aromatic carbocycles. The number of hydrogen-bond acceptors (Lipinski definition) is 3. The molecular weight excluding hydrogens is 242 g/mol. The Balaban J connectivity index is 1.91. The molecule has 3 N–H and O–H groups in total. The lowest BCUT2D eigenvalue weighted by molar-refractivity contribution is -0.121. The van der Waals surface area contributed by atoms with Gasteiger partial charge in [0.25, 0.3) is 0 Å². The van der Waals surface area contributed by atoms with Crippen LogP contribution in [0.15, 0.2) is 24.3 Å². The standard InChI is InChI=1S/C14H19N3O2/c1-9(11-7-15-8-11)14(19)17-13-5-3-12(4-6-13)16-10(2)18/h3-6,9,11,15H,7-8H2,1-2H3,(H,16,18)(H,17,19). The van der Waals surface area contributed by atoms with Gasteiger partial charge in [0.1, 0.15) is 0 Å². The van der Waals surface area contributed by atoms with Gasteiger partial charge in [-0.25, -0.2) is 0 Å². The quantitative estimate of drug-likeness (QED) is 0.768. The second-order valence-corrected chi connectivity index (χ2v) is 4.95. The van der Waals surface area contributed by atoms with Crippen molar-refractivity contribution in [3.05, 3.63) is 24.3 Å². The summed E-state index contributed by atoms with van der Waals surface area (Å²) in [6.07, 6.45) is 0. The first-order valence-corrected chi connectivity index (χ1v) is 6.45. The third-order valence-corrected chi connectivity index (χ3v) is 3.41. The fourth-order valence-electron chi connectivity index (χ4n) is 1.97. The number of carbonyl (C=O) groups excluding carboxylic acids is 2. The average Bonchev–Trinajstić information content (AvgIpc) is 2.28. The molecule has 1 fully saturated rings. The number of hydrogen-bond donors (Lipinski definition) is 3. The van der Waals surface area contributed by atoms with Crippen LogP contribution in [0.2, 0.25) is 0 Å². The Labute approximate surface area is 112 Å². The van der Waals surface area contributed by atoms with Crippen molar-refractivity contribution in [3.63, 3.8) is 0 Å². The fraction of sp³-hybridized carbons (Fsp3) is 0.429. The number of benzene rings is 1. The van der Waals surface area contributed by atoms with E-state index in [-0.39, 0.29) is 17.7 Å². The van der Waals surface area contributed by atoms with Gasteiger partial charge in [0.15, 0.2) is 0 Å². The zero-order valence-electron chi connectivity index (χ0n) is 11.2. The normalized spacial score (nSPS) is 16.3. The van der Waals surface area contributed by atoms with Crippen LogP contribution in [0.25, 0.3) is 0 Å². The summed E-state index contributed by atoms with van der Waals surface area (Å²) in [6, 6.07) is 7.11. The molecule has 0 spiro atoms. The van der Waals surface area contributed by atoms with E-state index >= 15 is 0 Å². The highest BCUT2D eigenvalue weighted by molar-refractivity contribution is 5.93. The third kappa shape index (κ3) is 3.54. The number of rotatable bonds is 4. The predicted octanol–water partition coefficient (Wildman–Crippen LogP) is 1.44. The van der Waals surface area contributed by atoms with E-state index in [0.29, 0.717) is 5.92 Å². The lowest BCUT2D eigenvalue weighted by Gasteiger charge is -2.31. The van der Waals surface area contributed by atoms with Crippen LogP contribution in [-0.2, 0) is 9.59 Å². The van der Waals surface area contributed by atoms with Gasteiger partial charge >= 0.3 is 0 Å². The molecule has 1 heterocycles. The molecule has 0 bridgehead atoms. The summed E-state index contributed by atoms with van der Waals surface area (Å²) in [5.74, 6) is 0.372. The zero-order valence-corrected chi connectivity index (χ0v) is 11.2. The minimum Gasteiger partial charge on any atom is -0.326 e. The largest absolute Gasteiger partial charge is 0.326 e. The predicted molar refractivity (Wildman–Crippen MR) is 74.9 cm³/mol. The molecule has 1 atom stereocenters. The number of anilines is 2. The van der Waals surface area contributed by atoms with Crippen molar-refractivity contribution >= 4 is 23.2 Å². The summed E-state index contributed by atoms with van der Waals surface area (Å²) < 4.78 is 0. The second-order valence-electron chi connectivity index (χ2n) is 4.95. The summed E-state index contributed by atoms with van der Waals surface area (Å²) >= 11 is 0. The Hall–Kier alpha value is -1.88. The van der Waals surface area contributed by atoms with Crippen molar-refractivity contribution in [2.75, 3.05) is 23.7 Å². The Morgan fingerprint density at radius 2 is 1.68 bits per heavy atom. The molecular formula is C14H19N3O2. The molecule has 2 amide bonds. The summed E-state index contributed by atoms with van der Waals surface area (Å²) in [5, 5.41) is 8.74. The van der Waals surface area contributed by atoms with Crippen LogP contribution in [0.4, 0.5) is 11.4 Å². The van der Waals surface area contributed by atoms with E-state index in [0.717, 1.165) is 24.5 Å². The van der Waals surface area contributed by atoms with Gasteiger partial charge in [-0.2, -0.15) is 0 Å². The van der Waals surface area contributed by atoms with Crippen LogP contribution in [0.1, 0.15) is 13.8 Å². The lowest BCUT2D eigenvalue weighted by atomic mass is 9.88. The molecule has 19 heavy (non-hydrogen) atoms. The van der Waals surface area contributed by atoms with E-state index < -0.39 is 0 Å². The molecule has 5 nitrogen and oxygen atoms in total. The average molecular weight is 261 g/mol. The van der Waals surface area contributed by atoms with Crippen molar-refractivity contribution in [3.8, 4) is 0 Å². The number of carbonyl (C=O) groups is 2. The maximum absolute atomic E-state index is 12.0. The highest BCUT2D eigenvalue weighted by Gasteiger charge is 2.28. The minimum atomic E-state index is -0.108. The first-order chi connectivity index (χ1) is 9.06. The molecule has 0 radical (unpaired) electrons. The molecule has 0 aromatic heterocycles. The van der Waals surface area contributed by atoms with Crippen LogP contribution in [0, 0.1) is 11.8 Å². The molecule has 1 saturated heterocycles. The van der Waals surface area contributed by atoms with Crippen LogP contribution >= 0.6 is 0 Å². The molecule has 102 valence electrons. The number of amides is 2. The fourth-order valence-corrected chi connectivity index (χ4v) is 1.97. The van der Waals surface area contributed by atoms with E-state index in [1.54, 1.807) is 24.3 Å². The molecule has 1 aliphatic heterocycles. The maximum Gasteiger partial charge on any atom is 0.227 e. The molecule has 0 saturated carbocycles. The van der Waals surface area contributed by atoms with Crippen molar-refractivity contribution in [2.45, 2.75) is 13.8 Å². The topological polar surface area (TPSA) is 70.2 Å². The van der Waals surface area contributed by atoms with Gasteiger partial charge in [-0.3, -0.25) is 9.59 Å². The molecule has 1 aromatic rings. The summed E-state index contributed by atoms with van der Waals surface area (Å²) in [6.45, 7) is 5.24. The lowest BCUT2D eigenvalue weighted by Crippen LogP contribution is -2.48. The molecule has 2 rings (SSSR count). The SMILES string of the molecule is CC(=O)Nc1ccc(NC(=O)C(C)C2CNC2)cc1. The number of nitrogens with one attached hydrogen (secondary N) is 3. The Morgan fingerprint density at radius 1 is 1.16 bits per heavy atom. The van der Waals surface area contributed by atoms with Crippen molar-refractivity contribution in [1.82, 2.24) is 5.32 Å². The molecule has 1 aliphatic rings. The van der Waals surface area contributed by atoms with Crippen molar-refractivity contribution < 1.29 is 9.59 Å². The van der Waals surface area contributed by atoms with Crippen LogP contribution in [-0.4, -0.2) is 24.9 Å². The van der Waals surface area contributed by atoms with Crippen molar-refractivity contribution in [2.24, 2.45) is 11.8 Å². The first kappa shape index (κ1) is 13.5. The molecule has 5 heteroatoms. The van der Waals surface area contributed by atoms with Gasteiger partial charge < -0.3 is 16.0 Å². The van der Waals surface area contributed by atoms with Gasteiger partial charge in [0.05, 0.1) is 0 Å². The summed E-state index contributed by atoms with van der Waals surface area (Å²) in [5.41, 5.74) is 1.47. The highest BCUT2D eigenvalue weighted by atomic mass is 16.2. The first-order valence-electron chi connectivity index (χ1n) is 6.45. The van der Waals surface area contributed by atoms with Gasteiger partial charge in [-0.05, 0) is 43.3 Å². The van der Waals surface area contributed by atoms with Crippen molar-refractivity contribution in [1.29, 1.82) is 0 Å². The van der Waals surface area contributed by atoms with Gasteiger partial charge in [-0.1, -0.05) is 6.92 Å². The van der Waals surface area contributed by atoms with Gasteiger partial charge in [0.2, 0.25) is 11.8 Å². The Kier molecular flexibility index (Phi) is 4.16. The highest BCUT2D eigenvalue weighted by Crippen LogP contribution is 2.19. The Bertz CT molecular complexity index is 466. The minimum absolute atomic E-state index is 0.0104. The van der Waals surface area contributed by atoms with Crippen LogP contribution in [0.5, 0.6) is 0 Å². The van der Waals surface area contributed by atoms with Crippen LogP contribution in [0.3, 0.4) is 0 Å². The molecule has 1 unspecified atom stereocenters. The summed E-state index contributed by atoms with van der Waals surface area (Å²) in [7, 11) is 0. The Morgan fingerprint density at radius 3 is 2.11 bits per heavy atom. The zero-order chi connectivity index (χ0) is 13.8. The third-order valence-electron chi connectivity index (χ3n) is 3.41. The van der Waals surface area contributed by atoms with E-state index in [4.69, 9.17) is 0 Å². The van der Waals surface area contributed by atoms with Crippen LogP contribution < -0.4 is 16.0 Å². The summed E-state index contributed by atoms with van der Waals surface area (Å²) in [4.78, 5) is 22.9. The van der Waals surface area contributed by atoms with Gasteiger partial charge in [-0.15, -0.1) is 0 Å². The van der Waals surface area contributed by atoms with E-state index in [1.165, 1.54) is 6.92 Å². The monoisotopic (exact) mass is 261 g/mol.